The number of rotatable bonds is 4. The molecule has 1 aliphatic rings. The Morgan fingerprint density at radius 2 is 2.40 bits per heavy atom. The van der Waals surface area contributed by atoms with Crippen LogP contribution in [0.15, 0.2) is 4.99 Å². The molecule has 0 radical (unpaired) electrons. The fourth-order valence-electron chi connectivity index (χ4n) is 1.70. The minimum absolute atomic E-state index is 0.0777. The Labute approximate surface area is 90.3 Å². The molecule has 0 spiro atoms. The van der Waals surface area contributed by atoms with Gasteiger partial charge >= 0.3 is 0 Å². The standard InChI is InChI=1S/C10H19N3O2/c1-13-6-3-4-8(13)10(14)12-9(11)5-7-15-2/h8H,3-7H2,1-2H3,(H2,11,12,14). The van der Waals surface area contributed by atoms with E-state index in [9.17, 15) is 4.79 Å². The zero-order valence-corrected chi connectivity index (χ0v) is 9.40. The van der Waals surface area contributed by atoms with E-state index in [1.165, 1.54) is 0 Å². The van der Waals surface area contributed by atoms with Crippen molar-refractivity contribution in [2.24, 2.45) is 10.7 Å². The molecule has 5 nitrogen and oxygen atoms in total. The van der Waals surface area contributed by atoms with Crippen molar-refractivity contribution in [1.82, 2.24) is 4.90 Å². The van der Waals surface area contributed by atoms with Crippen LogP contribution in [0, 0.1) is 0 Å². The van der Waals surface area contributed by atoms with Crippen molar-refractivity contribution in [2.45, 2.75) is 25.3 Å². The highest BCUT2D eigenvalue weighted by Crippen LogP contribution is 2.15. The van der Waals surface area contributed by atoms with Gasteiger partial charge in [-0.25, -0.2) is 0 Å². The number of carbonyl (C=O) groups excluding carboxylic acids is 1. The summed E-state index contributed by atoms with van der Waals surface area (Å²) in [5.74, 6) is 0.241. The maximum absolute atomic E-state index is 11.7. The van der Waals surface area contributed by atoms with Crippen LogP contribution >= 0.6 is 0 Å². The number of hydrogen-bond acceptors (Lipinski definition) is 3. The molecule has 0 aromatic rings. The van der Waals surface area contributed by atoms with Gasteiger partial charge in [0.15, 0.2) is 0 Å². The summed E-state index contributed by atoms with van der Waals surface area (Å²) < 4.78 is 4.86. The minimum atomic E-state index is -0.122. The molecule has 2 N–H and O–H groups in total. The van der Waals surface area contributed by atoms with Crippen LogP contribution in [0.4, 0.5) is 0 Å². The van der Waals surface area contributed by atoms with Gasteiger partial charge < -0.3 is 10.5 Å². The number of nitrogens with two attached hydrogens (primary N) is 1. The van der Waals surface area contributed by atoms with E-state index in [4.69, 9.17) is 10.5 Å². The van der Waals surface area contributed by atoms with Crippen LogP contribution in [-0.2, 0) is 9.53 Å². The second-order valence-corrected chi connectivity index (χ2v) is 3.82. The third kappa shape index (κ3) is 3.60. The summed E-state index contributed by atoms with van der Waals surface area (Å²) in [7, 11) is 3.54. The van der Waals surface area contributed by atoms with Crippen LogP contribution < -0.4 is 5.73 Å². The monoisotopic (exact) mass is 213 g/mol. The highest BCUT2D eigenvalue weighted by molar-refractivity contribution is 5.96. The van der Waals surface area contributed by atoms with Crippen molar-refractivity contribution in [3.05, 3.63) is 0 Å². The Morgan fingerprint density at radius 1 is 1.67 bits per heavy atom. The van der Waals surface area contributed by atoms with Crippen molar-refractivity contribution in [3.8, 4) is 0 Å². The molecule has 1 atom stereocenters. The number of amides is 1. The first-order chi connectivity index (χ1) is 7.15. The fourth-order valence-corrected chi connectivity index (χ4v) is 1.70. The largest absolute Gasteiger partial charge is 0.387 e. The summed E-state index contributed by atoms with van der Waals surface area (Å²) in [4.78, 5) is 17.6. The average molecular weight is 213 g/mol. The van der Waals surface area contributed by atoms with Gasteiger partial charge in [-0.2, -0.15) is 4.99 Å². The van der Waals surface area contributed by atoms with Gasteiger partial charge in [-0.05, 0) is 26.4 Å². The summed E-state index contributed by atoms with van der Waals surface area (Å²) in [6, 6.07) is -0.0777. The van der Waals surface area contributed by atoms with E-state index in [1.807, 2.05) is 11.9 Å². The van der Waals surface area contributed by atoms with E-state index in [0.717, 1.165) is 19.4 Å². The number of likely N-dealkylation sites (N-methyl/N-ethyl adjacent to an activating group) is 1. The number of hydrogen-bond donors (Lipinski definition) is 1. The number of aliphatic imine (C=N–C) groups is 1. The lowest BCUT2D eigenvalue weighted by molar-refractivity contribution is -0.121. The van der Waals surface area contributed by atoms with E-state index in [2.05, 4.69) is 4.99 Å². The highest BCUT2D eigenvalue weighted by atomic mass is 16.5. The molecule has 0 bridgehead atoms. The number of carbonyl (C=O) groups is 1. The zero-order valence-electron chi connectivity index (χ0n) is 9.40. The number of nitrogens with zero attached hydrogens (tertiary/aromatic N) is 2. The minimum Gasteiger partial charge on any atom is -0.387 e. The van der Waals surface area contributed by atoms with Gasteiger partial charge in [-0.3, -0.25) is 9.69 Å². The summed E-state index contributed by atoms with van der Waals surface area (Å²) in [6.07, 6.45) is 2.45. The number of methoxy groups -OCH3 is 1. The molecule has 5 heteroatoms. The predicted molar refractivity (Wildman–Crippen MR) is 58.8 cm³/mol. The van der Waals surface area contributed by atoms with Crippen LogP contribution in [-0.4, -0.2) is 50.0 Å². The van der Waals surface area contributed by atoms with Gasteiger partial charge in [0.1, 0.15) is 5.84 Å². The maximum atomic E-state index is 11.7. The summed E-state index contributed by atoms with van der Waals surface area (Å²) in [6.45, 7) is 1.47. The second-order valence-electron chi connectivity index (χ2n) is 3.82. The lowest BCUT2D eigenvalue weighted by Crippen LogP contribution is -2.33. The van der Waals surface area contributed by atoms with Gasteiger partial charge in [0.25, 0.3) is 5.91 Å². The normalized spacial score (nSPS) is 23.3. The molecular weight excluding hydrogens is 194 g/mol. The third-order valence-corrected chi connectivity index (χ3v) is 2.62. The SMILES string of the molecule is COCCC(N)=NC(=O)C1CCCN1C. The second kappa shape index (κ2) is 5.82. The van der Waals surface area contributed by atoms with Crippen LogP contribution in [0.25, 0.3) is 0 Å². The van der Waals surface area contributed by atoms with E-state index in [-0.39, 0.29) is 11.9 Å². The zero-order chi connectivity index (χ0) is 11.3. The molecule has 0 aliphatic carbocycles. The van der Waals surface area contributed by atoms with Crippen molar-refractivity contribution in [2.75, 3.05) is 27.3 Å². The van der Waals surface area contributed by atoms with Crippen molar-refractivity contribution < 1.29 is 9.53 Å². The number of likely N-dealkylation sites (tertiary alicyclic amines) is 1. The van der Waals surface area contributed by atoms with E-state index < -0.39 is 0 Å². The van der Waals surface area contributed by atoms with Crippen molar-refractivity contribution in [3.63, 3.8) is 0 Å². The molecule has 0 aromatic carbocycles. The van der Waals surface area contributed by atoms with Gasteiger partial charge in [-0.1, -0.05) is 0 Å². The van der Waals surface area contributed by atoms with E-state index >= 15 is 0 Å². The maximum Gasteiger partial charge on any atom is 0.264 e. The first-order valence-corrected chi connectivity index (χ1v) is 5.21. The first-order valence-electron chi connectivity index (χ1n) is 5.21. The van der Waals surface area contributed by atoms with Gasteiger partial charge in [0.05, 0.1) is 12.6 Å². The average Bonchev–Trinajstić information content (AvgIpc) is 2.61. The highest BCUT2D eigenvalue weighted by Gasteiger charge is 2.27. The third-order valence-electron chi connectivity index (χ3n) is 2.62. The van der Waals surface area contributed by atoms with E-state index in [0.29, 0.717) is 18.9 Å². The summed E-state index contributed by atoms with van der Waals surface area (Å²) in [5.41, 5.74) is 5.60. The molecular formula is C10H19N3O2. The molecule has 1 unspecified atom stereocenters. The molecule has 1 aliphatic heterocycles. The van der Waals surface area contributed by atoms with Crippen LogP contribution in [0.1, 0.15) is 19.3 Å². The molecule has 86 valence electrons. The fraction of sp³-hybridized carbons (Fsp3) is 0.800. The Balaban J connectivity index is 2.46. The summed E-state index contributed by atoms with van der Waals surface area (Å²) in [5, 5.41) is 0. The van der Waals surface area contributed by atoms with Crippen LogP contribution in [0.5, 0.6) is 0 Å². The smallest absolute Gasteiger partial charge is 0.264 e. The van der Waals surface area contributed by atoms with Crippen molar-refractivity contribution in [1.29, 1.82) is 0 Å². The number of ether oxygens (including phenoxy) is 1. The van der Waals surface area contributed by atoms with Gasteiger partial charge in [0.2, 0.25) is 0 Å². The van der Waals surface area contributed by atoms with Crippen LogP contribution in [0.3, 0.4) is 0 Å². The Bertz CT molecular complexity index is 253. The molecule has 0 aromatic heterocycles. The molecule has 1 fully saturated rings. The molecule has 1 amide bonds. The quantitative estimate of drug-likeness (QED) is 0.527. The topological polar surface area (TPSA) is 67.9 Å². The van der Waals surface area contributed by atoms with Gasteiger partial charge in [0, 0.05) is 13.5 Å². The number of amidine groups is 1. The predicted octanol–water partition coefficient (Wildman–Crippen LogP) is 0.000900. The molecule has 15 heavy (non-hydrogen) atoms. The Hall–Kier alpha value is -0.940. The summed E-state index contributed by atoms with van der Waals surface area (Å²) >= 11 is 0. The lowest BCUT2D eigenvalue weighted by atomic mass is 10.2. The van der Waals surface area contributed by atoms with Crippen LogP contribution in [0.2, 0.25) is 0 Å². The molecule has 1 heterocycles. The van der Waals surface area contributed by atoms with Crippen molar-refractivity contribution >= 4 is 11.7 Å². The molecule has 1 rings (SSSR count). The Kier molecular flexibility index (Phi) is 4.71. The Morgan fingerprint density at radius 3 is 2.93 bits per heavy atom. The molecule has 1 saturated heterocycles. The van der Waals surface area contributed by atoms with Gasteiger partial charge in [-0.15, -0.1) is 0 Å². The molecule has 0 saturated carbocycles. The lowest BCUT2D eigenvalue weighted by Gasteiger charge is -2.15. The first kappa shape index (κ1) is 12.1. The van der Waals surface area contributed by atoms with E-state index in [1.54, 1.807) is 7.11 Å².